The van der Waals surface area contributed by atoms with Crippen LogP contribution < -0.4 is 5.73 Å². The van der Waals surface area contributed by atoms with E-state index in [0.717, 1.165) is 10.9 Å². The van der Waals surface area contributed by atoms with Gasteiger partial charge in [0.2, 0.25) is 0 Å². The van der Waals surface area contributed by atoms with E-state index in [1.165, 1.54) is 22.0 Å². The second-order valence-electron chi connectivity index (χ2n) is 5.05. The first-order valence-corrected chi connectivity index (χ1v) is 7.58. The SMILES string of the molecule is NCC(Cc1c[nH]c2ccccc12)c1cccc(Br)c1. The van der Waals surface area contributed by atoms with E-state index >= 15 is 0 Å². The summed E-state index contributed by atoms with van der Waals surface area (Å²) < 4.78 is 1.10. The Morgan fingerprint density at radius 2 is 1.95 bits per heavy atom. The zero-order valence-electron chi connectivity index (χ0n) is 11.1. The molecule has 1 unspecified atom stereocenters. The van der Waals surface area contributed by atoms with Gasteiger partial charge in [-0.25, -0.2) is 0 Å². The van der Waals surface area contributed by atoms with Crippen molar-refractivity contribution in [3.8, 4) is 0 Å². The Hall–Kier alpha value is -1.58. The van der Waals surface area contributed by atoms with Gasteiger partial charge >= 0.3 is 0 Å². The molecule has 3 aromatic rings. The fourth-order valence-corrected chi connectivity index (χ4v) is 3.08. The molecule has 20 heavy (non-hydrogen) atoms. The summed E-state index contributed by atoms with van der Waals surface area (Å²) in [6.07, 6.45) is 3.06. The summed E-state index contributed by atoms with van der Waals surface area (Å²) >= 11 is 3.53. The first-order valence-electron chi connectivity index (χ1n) is 6.78. The highest BCUT2D eigenvalue weighted by Crippen LogP contribution is 2.26. The van der Waals surface area contributed by atoms with Crippen LogP contribution in [0.25, 0.3) is 10.9 Å². The van der Waals surface area contributed by atoms with Gasteiger partial charge in [0, 0.05) is 27.5 Å². The number of nitrogens with one attached hydrogen (secondary N) is 1. The molecule has 0 bridgehead atoms. The normalized spacial score (nSPS) is 12.7. The van der Waals surface area contributed by atoms with E-state index in [1.54, 1.807) is 0 Å². The number of para-hydroxylation sites is 1. The Balaban J connectivity index is 1.92. The minimum absolute atomic E-state index is 0.340. The van der Waals surface area contributed by atoms with E-state index in [1.807, 2.05) is 6.07 Å². The van der Waals surface area contributed by atoms with Crippen molar-refractivity contribution in [3.63, 3.8) is 0 Å². The van der Waals surface area contributed by atoms with E-state index in [2.05, 4.69) is 69.6 Å². The summed E-state index contributed by atoms with van der Waals surface area (Å²) in [6, 6.07) is 16.8. The van der Waals surface area contributed by atoms with Crippen molar-refractivity contribution in [2.24, 2.45) is 5.73 Å². The predicted molar refractivity (Wildman–Crippen MR) is 87.9 cm³/mol. The molecule has 0 radical (unpaired) electrons. The second kappa shape index (κ2) is 5.81. The topological polar surface area (TPSA) is 41.8 Å². The maximum absolute atomic E-state index is 5.99. The summed E-state index contributed by atoms with van der Waals surface area (Å²) in [4.78, 5) is 3.33. The maximum Gasteiger partial charge on any atom is 0.0456 e. The Bertz CT molecular complexity index is 718. The van der Waals surface area contributed by atoms with Crippen LogP contribution >= 0.6 is 15.9 Å². The molecule has 0 aliphatic heterocycles. The lowest BCUT2D eigenvalue weighted by Crippen LogP contribution is -2.14. The number of rotatable bonds is 4. The van der Waals surface area contributed by atoms with Crippen LogP contribution in [0.2, 0.25) is 0 Å². The van der Waals surface area contributed by atoms with Gasteiger partial charge in [-0.05, 0) is 42.3 Å². The number of hydrogen-bond donors (Lipinski definition) is 2. The highest BCUT2D eigenvalue weighted by Gasteiger charge is 2.13. The number of H-pyrrole nitrogens is 1. The van der Waals surface area contributed by atoms with Crippen molar-refractivity contribution < 1.29 is 0 Å². The molecule has 1 aromatic heterocycles. The molecule has 102 valence electrons. The van der Waals surface area contributed by atoms with Gasteiger partial charge in [0.1, 0.15) is 0 Å². The third kappa shape index (κ3) is 2.65. The summed E-state index contributed by atoms with van der Waals surface area (Å²) in [6.45, 7) is 0.649. The van der Waals surface area contributed by atoms with Crippen molar-refractivity contribution in [2.45, 2.75) is 12.3 Å². The fraction of sp³-hybridized carbons (Fsp3) is 0.176. The van der Waals surface area contributed by atoms with Crippen LogP contribution in [-0.4, -0.2) is 11.5 Å². The van der Waals surface area contributed by atoms with E-state index in [4.69, 9.17) is 5.73 Å². The van der Waals surface area contributed by atoms with Crippen molar-refractivity contribution in [2.75, 3.05) is 6.54 Å². The van der Waals surface area contributed by atoms with Gasteiger partial charge < -0.3 is 10.7 Å². The van der Waals surface area contributed by atoms with Gasteiger partial charge in [-0.3, -0.25) is 0 Å². The molecule has 0 aliphatic carbocycles. The molecule has 3 heteroatoms. The highest BCUT2D eigenvalue weighted by atomic mass is 79.9. The Kier molecular flexibility index (Phi) is 3.90. The first kappa shape index (κ1) is 13.4. The van der Waals surface area contributed by atoms with Crippen molar-refractivity contribution in [3.05, 3.63) is 70.3 Å². The highest BCUT2D eigenvalue weighted by molar-refractivity contribution is 9.10. The summed E-state index contributed by atoms with van der Waals surface area (Å²) in [5.74, 6) is 0.340. The largest absolute Gasteiger partial charge is 0.361 e. The van der Waals surface area contributed by atoms with Crippen LogP contribution in [0.15, 0.2) is 59.2 Å². The molecule has 2 nitrogen and oxygen atoms in total. The van der Waals surface area contributed by atoms with Crippen molar-refractivity contribution in [1.29, 1.82) is 0 Å². The van der Waals surface area contributed by atoms with Gasteiger partial charge in [-0.2, -0.15) is 0 Å². The monoisotopic (exact) mass is 328 g/mol. The summed E-state index contributed by atoms with van der Waals surface area (Å²) in [7, 11) is 0. The van der Waals surface area contributed by atoms with Gasteiger partial charge in [0.15, 0.2) is 0 Å². The third-order valence-electron chi connectivity index (χ3n) is 3.75. The molecule has 1 heterocycles. The van der Waals surface area contributed by atoms with Crippen LogP contribution in [0.4, 0.5) is 0 Å². The molecule has 1 atom stereocenters. The maximum atomic E-state index is 5.99. The number of benzene rings is 2. The standard InChI is InChI=1S/C17H17BrN2/c18-15-5-3-4-12(9-15)13(10-19)8-14-11-20-17-7-2-1-6-16(14)17/h1-7,9,11,13,20H,8,10,19H2. The van der Waals surface area contributed by atoms with E-state index in [-0.39, 0.29) is 0 Å². The smallest absolute Gasteiger partial charge is 0.0456 e. The van der Waals surface area contributed by atoms with Gasteiger partial charge in [0.25, 0.3) is 0 Å². The second-order valence-corrected chi connectivity index (χ2v) is 5.97. The molecule has 0 saturated heterocycles. The van der Waals surface area contributed by atoms with E-state index in [0.29, 0.717) is 12.5 Å². The minimum atomic E-state index is 0.340. The number of aromatic amines is 1. The fourth-order valence-electron chi connectivity index (χ4n) is 2.66. The van der Waals surface area contributed by atoms with Crippen LogP contribution in [0, 0.1) is 0 Å². The number of halogens is 1. The molecule has 3 N–H and O–H groups in total. The lowest BCUT2D eigenvalue weighted by atomic mass is 9.92. The predicted octanol–water partition coefficient (Wildman–Crippen LogP) is 4.22. The summed E-state index contributed by atoms with van der Waals surface area (Å²) in [5.41, 5.74) is 9.79. The number of aromatic nitrogens is 1. The molecule has 2 aromatic carbocycles. The molecule has 0 saturated carbocycles. The van der Waals surface area contributed by atoms with Crippen LogP contribution in [0.5, 0.6) is 0 Å². The third-order valence-corrected chi connectivity index (χ3v) is 4.24. The van der Waals surface area contributed by atoms with E-state index < -0.39 is 0 Å². The number of hydrogen-bond acceptors (Lipinski definition) is 1. The van der Waals surface area contributed by atoms with Gasteiger partial charge in [-0.15, -0.1) is 0 Å². The lowest BCUT2D eigenvalue weighted by molar-refractivity contribution is 0.697. The van der Waals surface area contributed by atoms with Crippen molar-refractivity contribution in [1.82, 2.24) is 4.98 Å². The molecule has 0 aliphatic rings. The van der Waals surface area contributed by atoms with Crippen LogP contribution in [-0.2, 0) is 6.42 Å². The zero-order chi connectivity index (χ0) is 13.9. The first-order chi connectivity index (χ1) is 9.78. The average molecular weight is 329 g/mol. The Morgan fingerprint density at radius 3 is 2.75 bits per heavy atom. The molecule has 3 rings (SSSR count). The average Bonchev–Trinajstić information content (AvgIpc) is 2.88. The summed E-state index contributed by atoms with van der Waals surface area (Å²) in [5, 5.41) is 1.29. The molecular weight excluding hydrogens is 312 g/mol. The minimum Gasteiger partial charge on any atom is -0.361 e. The van der Waals surface area contributed by atoms with Crippen LogP contribution in [0.1, 0.15) is 17.0 Å². The quantitative estimate of drug-likeness (QED) is 0.739. The Morgan fingerprint density at radius 1 is 1.10 bits per heavy atom. The van der Waals surface area contributed by atoms with E-state index in [9.17, 15) is 0 Å². The molecule has 0 fully saturated rings. The van der Waals surface area contributed by atoms with Crippen LogP contribution in [0.3, 0.4) is 0 Å². The van der Waals surface area contributed by atoms with Gasteiger partial charge in [-0.1, -0.05) is 46.3 Å². The molecule has 0 spiro atoms. The van der Waals surface area contributed by atoms with Gasteiger partial charge in [0.05, 0.1) is 0 Å². The van der Waals surface area contributed by atoms with Crippen molar-refractivity contribution >= 4 is 26.8 Å². The Labute approximate surface area is 127 Å². The molecule has 0 amide bonds. The number of fused-ring (bicyclic) bond motifs is 1. The zero-order valence-corrected chi connectivity index (χ0v) is 12.7. The number of nitrogens with two attached hydrogens (primary N) is 1. The lowest BCUT2D eigenvalue weighted by Gasteiger charge is -2.15. The molecular formula is C17H17BrN2.